The smallest absolute Gasteiger partial charge is 0.119 e. The summed E-state index contributed by atoms with van der Waals surface area (Å²) in [6.45, 7) is 9.69. The van der Waals surface area contributed by atoms with E-state index in [1.54, 1.807) is 7.11 Å². The second kappa shape index (κ2) is 11.8. The van der Waals surface area contributed by atoms with Gasteiger partial charge in [-0.15, -0.1) is 0 Å². The van der Waals surface area contributed by atoms with Crippen LogP contribution < -0.4 is 14.5 Å². The van der Waals surface area contributed by atoms with Gasteiger partial charge in [-0.3, -0.25) is 4.90 Å². The Bertz CT molecular complexity index is 1100. The summed E-state index contributed by atoms with van der Waals surface area (Å²) in [5.74, 6) is 0.908. The fourth-order valence-electron chi connectivity index (χ4n) is 5.35. The van der Waals surface area contributed by atoms with Crippen molar-refractivity contribution in [1.29, 1.82) is 0 Å². The van der Waals surface area contributed by atoms with Crippen molar-refractivity contribution < 1.29 is 4.74 Å². The predicted octanol–water partition coefficient (Wildman–Crippen LogP) is 5.25. The zero-order valence-corrected chi connectivity index (χ0v) is 21.9. The van der Waals surface area contributed by atoms with Crippen molar-refractivity contribution in [2.75, 3.05) is 63.2 Å². The molecule has 5 nitrogen and oxygen atoms in total. The lowest BCUT2D eigenvalue weighted by atomic mass is 10.1. The molecule has 0 saturated carbocycles. The number of ether oxygens (including phenoxy) is 1. The standard InChI is InChI=1S/C31H40N4O/c1-32-17-19-33(20-18-32)23-26-11-13-29(14-12-26)35(25-28-8-6-10-31(22-28)36-2)24-27-7-5-9-30(21-27)34-15-3-4-16-34/h5-14,21-22H,3-4,15-20,23-25H2,1-2H3. The average Bonchev–Trinajstić information content (AvgIpc) is 3.46. The molecule has 5 heteroatoms. The summed E-state index contributed by atoms with van der Waals surface area (Å²) < 4.78 is 5.50. The lowest BCUT2D eigenvalue weighted by Crippen LogP contribution is -2.43. The van der Waals surface area contributed by atoms with Crippen molar-refractivity contribution in [3.63, 3.8) is 0 Å². The van der Waals surface area contributed by atoms with Gasteiger partial charge in [0.25, 0.3) is 0 Å². The average molecular weight is 485 g/mol. The molecule has 0 unspecified atom stereocenters. The van der Waals surface area contributed by atoms with Gasteiger partial charge in [-0.2, -0.15) is 0 Å². The molecule has 0 atom stereocenters. The van der Waals surface area contributed by atoms with Gasteiger partial charge in [0, 0.05) is 70.3 Å². The maximum atomic E-state index is 5.50. The normalized spacial score (nSPS) is 16.9. The van der Waals surface area contributed by atoms with Crippen LogP contribution in [0.2, 0.25) is 0 Å². The third kappa shape index (κ3) is 6.40. The molecule has 5 rings (SSSR count). The summed E-state index contributed by atoms with van der Waals surface area (Å²) in [4.78, 5) is 9.97. The molecule has 0 spiro atoms. The van der Waals surface area contributed by atoms with Crippen molar-refractivity contribution in [3.05, 3.63) is 89.5 Å². The Balaban J connectivity index is 1.34. The van der Waals surface area contributed by atoms with Gasteiger partial charge >= 0.3 is 0 Å². The topological polar surface area (TPSA) is 22.2 Å². The molecule has 0 bridgehead atoms. The van der Waals surface area contributed by atoms with E-state index in [2.05, 4.69) is 93.4 Å². The third-order valence-corrected chi connectivity index (χ3v) is 7.57. The maximum Gasteiger partial charge on any atom is 0.119 e. The number of nitrogens with zero attached hydrogens (tertiary/aromatic N) is 4. The van der Waals surface area contributed by atoms with Crippen LogP contribution in [0.3, 0.4) is 0 Å². The lowest BCUT2D eigenvalue weighted by molar-refractivity contribution is 0.148. The summed E-state index contributed by atoms with van der Waals surface area (Å²) >= 11 is 0. The minimum Gasteiger partial charge on any atom is -0.497 e. The van der Waals surface area contributed by atoms with E-state index in [0.29, 0.717) is 0 Å². The van der Waals surface area contributed by atoms with E-state index in [9.17, 15) is 0 Å². The first-order valence-electron chi connectivity index (χ1n) is 13.4. The SMILES string of the molecule is COc1cccc(CN(Cc2cccc(N3CCCC3)c2)c2ccc(CN3CCN(C)CC3)cc2)c1. The molecule has 0 aliphatic carbocycles. The van der Waals surface area contributed by atoms with E-state index in [-0.39, 0.29) is 0 Å². The van der Waals surface area contributed by atoms with E-state index in [1.165, 1.54) is 54.0 Å². The Morgan fingerprint density at radius 2 is 1.39 bits per heavy atom. The van der Waals surface area contributed by atoms with E-state index in [0.717, 1.165) is 51.6 Å². The van der Waals surface area contributed by atoms with Crippen LogP contribution in [0.4, 0.5) is 11.4 Å². The highest BCUT2D eigenvalue weighted by Gasteiger charge is 2.16. The number of hydrogen-bond acceptors (Lipinski definition) is 5. The minimum atomic E-state index is 0.836. The minimum absolute atomic E-state index is 0.836. The van der Waals surface area contributed by atoms with Gasteiger partial charge in [0.15, 0.2) is 0 Å². The Morgan fingerprint density at radius 3 is 2.08 bits per heavy atom. The lowest BCUT2D eigenvalue weighted by Gasteiger charge is -2.32. The molecular weight excluding hydrogens is 444 g/mol. The van der Waals surface area contributed by atoms with E-state index >= 15 is 0 Å². The molecule has 0 N–H and O–H groups in total. The maximum absolute atomic E-state index is 5.50. The fraction of sp³-hybridized carbons (Fsp3) is 0.419. The van der Waals surface area contributed by atoms with Gasteiger partial charge < -0.3 is 19.4 Å². The van der Waals surface area contributed by atoms with Crippen molar-refractivity contribution in [3.8, 4) is 5.75 Å². The summed E-state index contributed by atoms with van der Waals surface area (Å²) in [5.41, 5.74) is 6.61. The molecule has 2 saturated heterocycles. The number of piperazine rings is 1. The van der Waals surface area contributed by atoms with Gasteiger partial charge in [-0.25, -0.2) is 0 Å². The molecule has 2 heterocycles. The summed E-state index contributed by atoms with van der Waals surface area (Å²) in [6, 6.07) is 26.8. The molecule has 0 amide bonds. The second-order valence-electron chi connectivity index (χ2n) is 10.3. The van der Waals surface area contributed by atoms with Gasteiger partial charge in [0.2, 0.25) is 0 Å². The molecule has 2 fully saturated rings. The zero-order valence-electron chi connectivity index (χ0n) is 21.9. The fourth-order valence-corrected chi connectivity index (χ4v) is 5.35. The molecule has 36 heavy (non-hydrogen) atoms. The predicted molar refractivity (Wildman–Crippen MR) is 150 cm³/mol. The molecule has 190 valence electrons. The molecule has 2 aliphatic rings. The summed E-state index contributed by atoms with van der Waals surface area (Å²) in [6.07, 6.45) is 2.60. The Hall–Kier alpha value is -3.02. The van der Waals surface area contributed by atoms with Crippen LogP contribution >= 0.6 is 0 Å². The van der Waals surface area contributed by atoms with Gasteiger partial charge in [-0.1, -0.05) is 36.4 Å². The first-order valence-corrected chi connectivity index (χ1v) is 13.4. The van der Waals surface area contributed by atoms with Crippen molar-refractivity contribution in [2.45, 2.75) is 32.5 Å². The molecule has 0 aromatic heterocycles. The van der Waals surface area contributed by atoms with E-state index in [4.69, 9.17) is 4.74 Å². The van der Waals surface area contributed by atoms with Crippen molar-refractivity contribution in [2.24, 2.45) is 0 Å². The number of likely N-dealkylation sites (N-methyl/N-ethyl adjacent to an activating group) is 1. The first kappa shape index (κ1) is 24.7. The van der Waals surface area contributed by atoms with Crippen LogP contribution in [-0.4, -0.2) is 63.2 Å². The zero-order chi connectivity index (χ0) is 24.7. The molecule has 0 radical (unpaired) electrons. The van der Waals surface area contributed by atoms with Gasteiger partial charge in [0.05, 0.1) is 7.11 Å². The molecular formula is C31H40N4O. The second-order valence-corrected chi connectivity index (χ2v) is 10.3. The van der Waals surface area contributed by atoms with E-state index in [1.807, 2.05) is 6.07 Å². The highest BCUT2D eigenvalue weighted by Crippen LogP contribution is 2.26. The number of benzene rings is 3. The summed E-state index contributed by atoms with van der Waals surface area (Å²) in [5, 5.41) is 0. The van der Waals surface area contributed by atoms with Crippen LogP contribution in [0.25, 0.3) is 0 Å². The highest BCUT2D eigenvalue weighted by atomic mass is 16.5. The molecule has 3 aromatic rings. The van der Waals surface area contributed by atoms with Crippen molar-refractivity contribution in [1.82, 2.24) is 9.80 Å². The van der Waals surface area contributed by atoms with Crippen LogP contribution in [0.5, 0.6) is 5.75 Å². The highest BCUT2D eigenvalue weighted by molar-refractivity contribution is 5.53. The van der Waals surface area contributed by atoms with Gasteiger partial charge in [0.1, 0.15) is 5.75 Å². The number of hydrogen-bond donors (Lipinski definition) is 0. The van der Waals surface area contributed by atoms with E-state index < -0.39 is 0 Å². The quantitative estimate of drug-likeness (QED) is 0.413. The molecule has 2 aliphatic heterocycles. The first-order chi connectivity index (χ1) is 17.7. The van der Waals surface area contributed by atoms with Crippen LogP contribution in [0.1, 0.15) is 29.5 Å². The number of rotatable bonds is 9. The number of anilines is 2. The van der Waals surface area contributed by atoms with Crippen LogP contribution in [0.15, 0.2) is 72.8 Å². The Kier molecular flexibility index (Phi) is 8.09. The number of methoxy groups -OCH3 is 1. The summed E-state index contributed by atoms with van der Waals surface area (Å²) in [7, 11) is 3.95. The van der Waals surface area contributed by atoms with Crippen LogP contribution in [-0.2, 0) is 19.6 Å². The van der Waals surface area contributed by atoms with Crippen LogP contribution in [0, 0.1) is 0 Å². The largest absolute Gasteiger partial charge is 0.497 e. The molecule has 3 aromatic carbocycles. The van der Waals surface area contributed by atoms with Gasteiger partial charge in [-0.05, 0) is 73.0 Å². The third-order valence-electron chi connectivity index (χ3n) is 7.57. The Labute approximate surface area is 216 Å². The monoisotopic (exact) mass is 484 g/mol. The van der Waals surface area contributed by atoms with Crippen molar-refractivity contribution >= 4 is 11.4 Å². The Morgan fingerprint density at radius 1 is 0.722 bits per heavy atom.